The number of carbonyl (C=O) groups is 2. The van der Waals surface area contributed by atoms with Crippen LogP contribution in [0, 0.1) is 13.8 Å². The summed E-state index contributed by atoms with van der Waals surface area (Å²) in [4.78, 5) is 30.9. The fraction of sp³-hybridized carbons (Fsp3) is 0.250. The van der Waals surface area contributed by atoms with E-state index in [2.05, 4.69) is 20.6 Å². The van der Waals surface area contributed by atoms with Crippen molar-refractivity contribution in [1.82, 2.24) is 20.6 Å². The van der Waals surface area contributed by atoms with Gasteiger partial charge >= 0.3 is 12.0 Å². The highest BCUT2D eigenvalue weighted by atomic mass is 16.4. The number of carboxylic acids is 1. The smallest absolute Gasteiger partial charge is 0.335 e. The third kappa shape index (κ3) is 5.06. The molecule has 2 rings (SSSR count). The first-order valence-corrected chi connectivity index (χ1v) is 7.09. The molecule has 2 amide bonds. The first-order chi connectivity index (χ1) is 10.9. The van der Waals surface area contributed by atoms with Crippen molar-refractivity contribution in [1.29, 1.82) is 0 Å². The molecular formula is C16H18N4O3. The Balaban J connectivity index is 1.81. The van der Waals surface area contributed by atoms with Gasteiger partial charge in [-0.15, -0.1) is 0 Å². The third-order valence-electron chi connectivity index (χ3n) is 3.10. The minimum atomic E-state index is -0.974. The highest BCUT2D eigenvalue weighted by Crippen LogP contribution is 2.04. The van der Waals surface area contributed by atoms with Crippen LogP contribution in [0.3, 0.4) is 0 Å². The summed E-state index contributed by atoms with van der Waals surface area (Å²) < 4.78 is 0. The van der Waals surface area contributed by atoms with Crippen LogP contribution in [0.15, 0.2) is 30.3 Å². The molecule has 1 heterocycles. The summed E-state index contributed by atoms with van der Waals surface area (Å²) >= 11 is 0. The van der Waals surface area contributed by atoms with Crippen LogP contribution in [0.5, 0.6) is 0 Å². The Kier molecular flexibility index (Phi) is 5.24. The van der Waals surface area contributed by atoms with Crippen molar-refractivity contribution in [2.45, 2.75) is 26.9 Å². The molecule has 0 saturated carbocycles. The van der Waals surface area contributed by atoms with Gasteiger partial charge in [0.15, 0.2) is 0 Å². The molecule has 7 heteroatoms. The van der Waals surface area contributed by atoms with E-state index < -0.39 is 5.97 Å². The van der Waals surface area contributed by atoms with Gasteiger partial charge in [0.05, 0.1) is 17.8 Å². The molecule has 2 aromatic rings. The molecule has 0 atom stereocenters. The molecule has 0 radical (unpaired) electrons. The summed E-state index contributed by atoms with van der Waals surface area (Å²) in [5, 5.41) is 14.2. The highest BCUT2D eigenvalue weighted by Gasteiger charge is 2.05. The van der Waals surface area contributed by atoms with Gasteiger partial charge in [-0.2, -0.15) is 0 Å². The van der Waals surface area contributed by atoms with E-state index in [1.54, 1.807) is 19.1 Å². The Bertz CT molecular complexity index is 694. The van der Waals surface area contributed by atoms with Crippen molar-refractivity contribution in [2.75, 3.05) is 0 Å². The van der Waals surface area contributed by atoms with E-state index in [1.807, 2.05) is 13.0 Å². The molecule has 1 aromatic carbocycles. The molecule has 0 unspecified atom stereocenters. The quantitative estimate of drug-likeness (QED) is 0.780. The maximum atomic E-state index is 11.8. The zero-order chi connectivity index (χ0) is 16.8. The van der Waals surface area contributed by atoms with Crippen LogP contribution in [0.1, 0.15) is 33.1 Å². The molecule has 0 spiro atoms. The topological polar surface area (TPSA) is 104 Å². The number of urea groups is 1. The van der Waals surface area contributed by atoms with E-state index >= 15 is 0 Å². The van der Waals surface area contributed by atoms with Gasteiger partial charge in [-0.3, -0.25) is 0 Å². The normalized spacial score (nSPS) is 10.2. The van der Waals surface area contributed by atoms with Crippen molar-refractivity contribution >= 4 is 12.0 Å². The number of hydrogen-bond acceptors (Lipinski definition) is 4. The average Bonchev–Trinajstić information content (AvgIpc) is 2.50. The second-order valence-electron chi connectivity index (χ2n) is 5.09. The second kappa shape index (κ2) is 7.35. The number of benzene rings is 1. The summed E-state index contributed by atoms with van der Waals surface area (Å²) in [5.74, 6) is -0.307. The maximum Gasteiger partial charge on any atom is 0.335 e. The second-order valence-corrected chi connectivity index (χ2v) is 5.09. The SMILES string of the molecule is Cc1cc(CNC(=O)NCc2ccc(C(=O)O)cc2)nc(C)n1. The van der Waals surface area contributed by atoms with Gasteiger partial charge in [0.1, 0.15) is 5.82 Å². The van der Waals surface area contributed by atoms with Gasteiger partial charge in [0.25, 0.3) is 0 Å². The lowest BCUT2D eigenvalue weighted by molar-refractivity contribution is 0.0697. The number of hydrogen-bond donors (Lipinski definition) is 3. The van der Waals surface area contributed by atoms with Crippen molar-refractivity contribution in [2.24, 2.45) is 0 Å². The number of nitrogens with zero attached hydrogens (tertiary/aromatic N) is 2. The number of nitrogens with one attached hydrogen (secondary N) is 2. The predicted octanol–water partition coefficient (Wildman–Crippen LogP) is 1.79. The van der Waals surface area contributed by atoms with Gasteiger partial charge in [-0.05, 0) is 37.6 Å². The summed E-state index contributed by atoms with van der Waals surface area (Å²) in [6.45, 7) is 4.30. The van der Waals surface area contributed by atoms with Gasteiger partial charge in [0.2, 0.25) is 0 Å². The summed E-state index contributed by atoms with van der Waals surface area (Å²) in [7, 11) is 0. The lowest BCUT2D eigenvalue weighted by Crippen LogP contribution is -2.34. The van der Waals surface area contributed by atoms with Gasteiger partial charge < -0.3 is 15.7 Å². The van der Waals surface area contributed by atoms with Crippen LogP contribution in [0.4, 0.5) is 4.79 Å². The Morgan fingerprint density at radius 3 is 2.30 bits per heavy atom. The molecule has 3 N–H and O–H groups in total. The van der Waals surface area contributed by atoms with Crippen molar-refractivity contribution in [3.8, 4) is 0 Å². The average molecular weight is 314 g/mol. The fourth-order valence-electron chi connectivity index (χ4n) is 2.07. The van der Waals surface area contributed by atoms with E-state index in [0.29, 0.717) is 18.9 Å². The van der Waals surface area contributed by atoms with E-state index in [0.717, 1.165) is 17.0 Å². The molecule has 1 aromatic heterocycles. The molecule has 0 aliphatic rings. The Hall–Kier alpha value is -2.96. The Morgan fingerprint density at radius 2 is 1.70 bits per heavy atom. The minimum absolute atomic E-state index is 0.215. The summed E-state index contributed by atoms with van der Waals surface area (Å²) in [6.07, 6.45) is 0. The lowest BCUT2D eigenvalue weighted by Gasteiger charge is -2.08. The zero-order valence-electron chi connectivity index (χ0n) is 13.0. The van der Waals surface area contributed by atoms with Crippen LogP contribution in [0.2, 0.25) is 0 Å². The Morgan fingerprint density at radius 1 is 1.04 bits per heavy atom. The molecule has 120 valence electrons. The largest absolute Gasteiger partial charge is 0.478 e. The highest BCUT2D eigenvalue weighted by molar-refractivity contribution is 5.87. The van der Waals surface area contributed by atoms with Crippen LogP contribution in [-0.4, -0.2) is 27.1 Å². The van der Waals surface area contributed by atoms with Crippen molar-refractivity contribution < 1.29 is 14.7 Å². The van der Waals surface area contributed by atoms with Gasteiger partial charge in [0, 0.05) is 12.2 Å². The van der Waals surface area contributed by atoms with Gasteiger partial charge in [-0.25, -0.2) is 19.6 Å². The standard InChI is InChI=1S/C16H18N4O3/c1-10-7-14(20-11(2)19-10)9-18-16(23)17-8-12-3-5-13(6-4-12)15(21)22/h3-7H,8-9H2,1-2H3,(H,21,22)(H2,17,18,23). The van der Waals surface area contributed by atoms with E-state index in [4.69, 9.17) is 5.11 Å². The number of carboxylic acid groups (broad SMARTS) is 1. The molecule has 0 bridgehead atoms. The molecule has 0 saturated heterocycles. The lowest BCUT2D eigenvalue weighted by atomic mass is 10.1. The van der Waals surface area contributed by atoms with Crippen LogP contribution < -0.4 is 10.6 Å². The maximum absolute atomic E-state index is 11.8. The van der Waals surface area contributed by atoms with Crippen LogP contribution >= 0.6 is 0 Å². The number of carbonyl (C=O) groups excluding carboxylic acids is 1. The fourth-order valence-corrected chi connectivity index (χ4v) is 2.07. The number of aromatic carboxylic acids is 1. The third-order valence-corrected chi connectivity index (χ3v) is 3.10. The van der Waals surface area contributed by atoms with Crippen molar-refractivity contribution in [3.05, 3.63) is 58.7 Å². The number of aryl methyl sites for hydroxylation is 2. The van der Waals surface area contributed by atoms with E-state index in [9.17, 15) is 9.59 Å². The molecule has 0 aliphatic carbocycles. The molecule has 0 fully saturated rings. The van der Waals surface area contributed by atoms with E-state index in [1.165, 1.54) is 12.1 Å². The van der Waals surface area contributed by atoms with Gasteiger partial charge in [-0.1, -0.05) is 12.1 Å². The first-order valence-electron chi connectivity index (χ1n) is 7.09. The monoisotopic (exact) mass is 314 g/mol. The molecular weight excluding hydrogens is 296 g/mol. The predicted molar refractivity (Wildman–Crippen MR) is 84.0 cm³/mol. The zero-order valence-corrected chi connectivity index (χ0v) is 13.0. The molecule has 23 heavy (non-hydrogen) atoms. The number of rotatable bonds is 5. The first kappa shape index (κ1) is 16.4. The van der Waals surface area contributed by atoms with Crippen molar-refractivity contribution in [3.63, 3.8) is 0 Å². The molecule has 7 nitrogen and oxygen atoms in total. The Labute approximate surface area is 133 Å². The van der Waals surface area contributed by atoms with E-state index in [-0.39, 0.29) is 11.6 Å². The summed E-state index contributed by atoms with van der Waals surface area (Å²) in [6, 6.07) is 7.84. The van der Waals surface area contributed by atoms with Crippen LogP contribution in [-0.2, 0) is 13.1 Å². The van der Waals surface area contributed by atoms with Crippen LogP contribution in [0.25, 0.3) is 0 Å². The number of amides is 2. The number of aromatic nitrogens is 2. The summed E-state index contributed by atoms with van der Waals surface area (Å²) in [5.41, 5.74) is 2.63. The minimum Gasteiger partial charge on any atom is -0.478 e. The molecule has 0 aliphatic heterocycles.